The molecule has 0 radical (unpaired) electrons. The van der Waals surface area contributed by atoms with E-state index in [4.69, 9.17) is 0 Å². The van der Waals surface area contributed by atoms with Gasteiger partial charge < -0.3 is 0 Å². The molecule has 2 aliphatic rings. The average molecular weight is 128 g/mol. The van der Waals surface area contributed by atoms with Crippen LogP contribution in [-0.4, -0.2) is 11.0 Å². The van der Waals surface area contributed by atoms with E-state index >= 15 is 0 Å². The van der Waals surface area contributed by atoms with Crippen molar-refractivity contribution in [2.24, 2.45) is 5.92 Å². The monoisotopic (exact) mass is 128 g/mol. The van der Waals surface area contributed by atoms with Crippen LogP contribution >= 0.6 is 11.8 Å². The highest BCUT2D eigenvalue weighted by Crippen LogP contribution is 2.43. The topological polar surface area (TPSA) is 0 Å². The summed E-state index contributed by atoms with van der Waals surface area (Å²) in [7, 11) is 0. The van der Waals surface area contributed by atoms with Gasteiger partial charge in [-0.3, -0.25) is 0 Å². The van der Waals surface area contributed by atoms with E-state index in [0.717, 1.165) is 11.2 Å². The zero-order valence-electron chi connectivity index (χ0n) is 5.10. The Kier molecular flexibility index (Phi) is 1.25. The van der Waals surface area contributed by atoms with Gasteiger partial charge in [0.2, 0.25) is 0 Å². The van der Waals surface area contributed by atoms with E-state index < -0.39 is 0 Å². The van der Waals surface area contributed by atoms with Crippen molar-refractivity contribution >= 4 is 11.8 Å². The normalized spacial score (nSPS) is 45.0. The summed E-state index contributed by atoms with van der Waals surface area (Å²) in [5.41, 5.74) is 0. The van der Waals surface area contributed by atoms with Crippen LogP contribution in [0, 0.1) is 5.92 Å². The van der Waals surface area contributed by atoms with Crippen LogP contribution < -0.4 is 0 Å². The maximum Gasteiger partial charge on any atom is 0.00756 e. The van der Waals surface area contributed by atoms with E-state index in [1.54, 1.807) is 0 Å². The highest BCUT2D eigenvalue weighted by atomic mass is 32.2. The van der Waals surface area contributed by atoms with E-state index in [0.29, 0.717) is 0 Å². The summed E-state index contributed by atoms with van der Waals surface area (Å²) in [5.74, 6) is 2.59. The molecule has 0 unspecified atom stereocenters. The Labute approximate surface area is 55.0 Å². The van der Waals surface area contributed by atoms with Crippen molar-refractivity contribution in [3.63, 3.8) is 0 Å². The molecule has 0 aromatic heterocycles. The number of fused-ring (bicyclic) bond motifs is 1. The van der Waals surface area contributed by atoms with Gasteiger partial charge in [-0.1, -0.05) is 6.42 Å². The van der Waals surface area contributed by atoms with Gasteiger partial charge in [0.25, 0.3) is 0 Å². The quantitative estimate of drug-likeness (QED) is 0.482. The Morgan fingerprint density at radius 2 is 2.12 bits per heavy atom. The molecule has 8 heavy (non-hydrogen) atoms. The Morgan fingerprint density at radius 1 is 1.12 bits per heavy atom. The van der Waals surface area contributed by atoms with Crippen molar-refractivity contribution in [1.29, 1.82) is 0 Å². The van der Waals surface area contributed by atoms with Gasteiger partial charge in [0, 0.05) is 5.25 Å². The van der Waals surface area contributed by atoms with E-state index in [-0.39, 0.29) is 0 Å². The summed E-state index contributed by atoms with van der Waals surface area (Å²) in [5, 5.41) is 1.09. The molecule has 0 nitrogen and oxygen atoms in total. The smallest absolute Gasteiger partial charge is 0.00756 e. The molecule has 0 bridgehead atoms. The molecule has 0 aromatic carbocycles. The van der Waals surface area contributed by atoms with E-state index in [9.17, 15) is 0 Å². The zero-order valence-corrected chi connectivity index (χ0v) is 5.91. The van der Waals surface area contributed by atoms with Gasteiger partial charge in [0.05, 0.1) is 0 Å². The summed E-state index contributed by atoms with van der Waals surface area (Å²) >= 11 is 2.21. The summed E-state index contributed by atoms with van der Waals surface area (Å²) < 4.78 is 0. The third-order valence-corrected chi connectivity index (χ3v) is 3.93. The van der Waals surface area contributed by atoms with Crippen LogP contribution in [0.2, 0.25) is 0 Å². The van der Waals surface area contributed by atoms with Crippen molar-refractivity contribution in [3.05, 3.63) is 0 Å². The molecule has 2 fully saturated rings. The van der Waals surface area contributed by atoms with Gasteiger partial charge in [0.1, 0.15) is 0 Å². The minimum absolute atomic E-state index is 1.09. The lowest BCUT2D eigenvalue weighted by Crippen LogP contribution is -2.00. The van der Waals surface area contributed by atoms with E-state index in [1.165, 1.54) is 31.4 Å². The molecule has 1 heterocycles. The molecule has 1 heteroatoms. The van der Waals surface area contributed by atoms with E-state index in [2.05, 4.69) is 11.8 Å². The molecule has 1 aliphatic heterocycles. The SMILES string of the molecule is C1C[C@@H]2CCS[C@@H]2C1. The Hall–Kier alpha value is 0.350. The Balaban J connectivity index is 2.04. The Morgan fingerprint density at radius 3 is 3.00 bits per heavy atom. The lowest BCUT2D eigenvalue weighted by Gasteiger charge is -2.03. The second kappa shape index (κ2) is 1.94. The molecule has 2 atom stereocenters. The van der Waals surface area contributed by atoms with Crippen molar-refractivity contribution in [2.45, 2.75) is 30.9 Å². The first-order chi connectivity index (χ1) is 3.97. The third kappa shape index (κ3) is 0.680. The fraction of sp³-hybridized carbons (Fsp3) is 1.00. The number of thioether (sulfide) groups is 1. The number of hydrogen-bond acceptors (Lipinski definition) is 1. The lowest BCUT2D eigenvalue weighted by molar-refractivity contribution is 0.569. The minimum Gasteiger partial charge on any atom is -0.158 e. The molecule has 1 aliphatic carbocycles. The molecule has 46 valence electrons. The van der Waals surface area contributed by atoms with Crippen molar-refractivity contribution in [2.75, 3.05) is 5.75 Å². The lowest BCUT2D eigenvalue weighted by atomic mass is 10.1. The molecular formula is C7H12S. The summed E-state index contributed by atoms with van der Waals surface area (Å²) in [6, 6.07) is 0. The van der Waals surface area contributed by atoms with Crippen LogP contribution in [-0.2, 0) is 0 Å². The fourth-order valence-electron chi connectivity index (χ4n) is 1.92. The van der Waals surface area contributed by atoms with Crippen molar-refractivity contribution in [3.8, 4) is 0 Å². The second-order valence-electron chi connectivity index (χ2n) is 2.89. The molecule has 1 saturated heterocycles. The molecule has 0 N–H and O–H groups in total. The zero-order chi connectivity index (χ0) is 5.40. The number of rotatable bonds is 0. The molecule has 0 aromatic rings. The maximum atomic E-state index is 2.21. The predicted molar refractivity (Wildman–Crippen MR) is 38.2 cm³/mol. The van der Waals surface area contributed by atoms with Gasteiger partial charge in [0.15, 0.2) is 0 Å². The van der Waals surface area contributed by atoms with Crippen LogP contribution in [0.4, 0.5) is 0 Å². The molecule has 0 amide bonds. The van der Waals surface area contributed by atoms with Gasteiger partial charge in [-0.05, 0) is 30.9 Å². The second-order valence-corrected chi connectivity index (χ2v) is 4.24. The standard InChI is InChI=1S/C7H12S/c1-2-6-4-5-8-7(6)3-1/h6-7H,1-5H2/t6-,7-/m1/s1. The van der Waals surface area contributed by atoms with Crippen LogP contribution in [0.3, 0.4) is 0 Å². The maximum absolute atomic E-state index is 2.21. The first-order valence-corrected chi connectivity index (χ1v) is 4.63. The van der Waals surface area contributed by atoms with Crippen LogP contribution in [0.15, 0.2) is 0 Å². The molecular weight excluding hydrogens is 116 g/mol. The van der Waals surface area contributed by atoms with Gasteiger partial charge in [-0.25, -0.2) is 0 Å². The summed E-state index contributed by atoms with van der Waals surface area (Å²) in [4.78, 5) is 0. The average Bonchev–Trinajstić information content (AvgIpc) is 2.15. The first kappa shape index (κ1) is 5.16. The summed E-state index contributed by atoms with van der Waals surface area (Å²) in [6.07, 6.45) is 6.10. The highest BCUT2D eigenvalue weighted by molar-refractivity contribution is 8.00. The van der Waals surface area contributed by atoms with Crippen molar-refractivity contribution < 1.29 is 0 Å². The van der Waals surface area contributed by atoms with Gasteiger partial charge in [-0.2, -0.15) is 11.8 Å². The Bertz CT molecular complexity index is 70.4. The minimum atomic E-state index is 1.09. The summed E-state index contributed by atoms with van der Waals surface area (Å²) in [6.45, 7) is 0. The first-order valence-electron chi connectivity index (χ1n) is 3.58. The highest BCUT2D eigenvalue weighted by Gasteiger charge is 2.31. The predicted octanol–water partition coefficient (Wildman–Crippen LogP) is 2.29. The van der Waals surface area contributed by atoms with Crippen LogP contribution in [0.25, 0.3) is 0 Å². The van der Waals surface area contributed by atoms with E-state index in [1.807, 2.05) is 0 Å². The van der Waals surface area contributed by atoms with Gasteiger partial charge >= 0.3 is 0 Å². The van der Waals surface area contributed by atoms with Crippen LogP contribution in [0.1, 0.15) is 25.7 Å². The third-order valence-electron chi connectivity index (χ3n) is 2.41. The van der Waals surface area contributed by atoms with Crippen molar-refractivity contribution in [1.82, 2.24) is 0 Å². The number of hydrogen-bond donors (Lipinski definition) is 0. The molecule has 0 spiro atoms. The van der Waals surface area contributed by atoms with Gasteiger partial charge in [-0.15, -0.1) is 0 Å². The fourth-order valence-corrected chi connectivity index (χ4v) is 3.54. The molecule has 2 rings (SSSR count). The van der Waals surface area contributed by atoms with Crippen LogP contribution in [0.5, 0.6) is 0 Å². The molecule has 1 saturated carbocycles. The largest absolute Gasteiger partial charge is 0.158 e.